The molecular formula is C17H20FN3S. The van der Waals surface area contributed by atoms with Gasteiger partial charge in [0.2, 0.25) is 0 Å². The zero-order valence-electron chi connectivity index (χ0n) is 12.6. The second-order valence-corrected chi connectivity index (χ2v) is 6.42. The van der Waals surface area contributed by atoms with Crippen molar-refractivity contribution in [2.45, 2.75) is 31.8 Å². The molecule has 1 saturated carbocycles. The van der Waals surface area contributed by atoms with Gasteiger partial charge in [-0.25, -0.2) is 9.38 Å². The standard InChI is InChI=1S/C17H20FN3S/c1-2-19-17(20-11-12-6-5-9-22-12)21-16-10-14(16)13-7-3-4-8-15(13)18/h3-9,14,16H,2,10-11H2,1H3,(H2,19,20,21). The van der Waals surface area contributed by atoms with Crippen molar-refractivity contribution in [1.82, 2.24) is 10.6 Å². The van der Waals surface area contributed by atoms with Crippen LogP contribution in [0, 0.1) is 5.82 Å². The Labute approximate surface area is 134 Å². The van der Waals surface area contributed by atoms with Gasteiger partial charge in [0.05, 0.1) is 6.54 Å². The van der Waals surface area contributed by atoms with Crippen LogP contribution in [0.3, 0.4) is 0 Å². The highest BCUT2D eigenvalue weighted by Gasteiger charge is 2.40. The fraction of sp³-hybridized carbons (Fsp3) is 0.353. The minimum atomic E-state index is -0.114. The SMILES string of the molecule is CCNC(=NCc1cccs1)NC1CC1c1ccccc1F. The van der Waals surface area contributed by atoms with Gasteiger partial charge in [-0.2, -0.15) is 0 Å². The maximum Gasteiger partial charge on any atom is 0.191 e. The number of thiophene rings is 1. The van der Waals surface area contributed by atoms with Crippen LogP contribution >= 0.6 is 11.3 Å². The Bertz CT molecular complexity index is 639. The van der Waals surface area contributed by atoms with Gasteiger partial charge in [-0.15, -0.1) is 11.3 Å². The van der Waals surface area contributed by atoms with E-state index in [0.29, 0.717) is 6.54 Å². The number of hydrogen-bond acceptors (Lipinski definition) is 2. The number of halogens is 1. The number of nitrogens with zero attached hydrogens (tertiary/aromatic N) is 1. The maximum atomic E-state index is 13.8. The lowest BCUT2D eigenvalue weighted by Crippen LogP contribution is -2.39. The molecular weight excluding hydrogens is 297 g/mol. The number of guanidine groups is 1. The molecule has 5 heteroatoms. The van der Waals surface area contributed by atoms with Gasteiger partial charge in [0.1, 0.15) is 5.82 Å². The monoisotopic (exact) mass is 317 g/mol. The van der Waals surface area contributed by atoms with E-state index < -0.39 is 0 Å². The van der Waals surface area contributed by atoms with Crippen molar-refractivity contribution >= 4 is 17.3 Å². The van der Waals surface area contributed by atoms with Gasteiger partial charge in [0.25, 0.3) is 0 Å². The van der Waals surface area contributed by atoms with Crippen LogP contribution in [0.25, 0.3) is 0 Å². The first-order valence-corrected chi connectivity index (χ1v) is 8.47. The molecule has 2 atom stereocenters. The lowest BCUT2D eigenvalue weighted by Gasteiger charge is -2.11. The predicted octanol–water partition coefficient (Wildman–Crippen LogP) is 3.50. The molecule has 1 aromatic heterocycles. The number of aliphatic imine (C=N–C) groups is 1. The molecule has 116 valence electrons. The van der Waals surface area contributed by atoms with Gasteiger partial charge >= 0.3 is 0 Å². The van der Waals surface area contributed by atoms with E-state index in [1.807, 2.05) is 25.1 Å². The summed E-state index contributed by atoms with van der Waals surface area (Å²) in [6.07, 6.45) is 0.949. The normalized spacial score (nSPS) is 20.7. The minimum absolute atomic E-state index is 0.114. The summed E-state index contributed by atoms with van der Waals surface area (Å²) in [6.45, 7) is 3.53. The average molecular weight is 317 g/mol. The van der Waals surface area contributed by atoms with E-state index in [1.165, 1.54) is 10.9 Å². The summed E-state index contributed by atoms with van der Waals surface area (Å²) in [5.41, 5.74) is 0.800. The van der Waals surface area contributed by atoms with Crippen LogP contribution in [0.5, 0.6) is 0 Å². The zero-order chi connectivity index (χ0) is 15.4. The molecule has 1 fully saturated rings. The molecule has 1 aromatic carbocycles. The lowest BCUT2D eigenvalue weighted by atomic mass is 10.1. The van der Waals surface area contributed by atoms with E-state index in [4.69, 9.17) is 0 Å². The molecule has 2 unspecified atom stereocenters. The quantitative estimate of drug-likeness (QED) is 0.654. The molecule has 0 spiro atoms. The third kappa shape index (κ3) is 3.65. The molecule has 0 aliphatic heterocycles. The third-order valence-electron chi connectivity index (χ3n) is 3.73. The van der Waals surface area contributed by atoms with Crippen molar-refractivity contribution in [3.05, 3.63) is 58.0 Å². The molecule has 22 heavy (non-hydrogen) atoms. The average Bonchev–Trinajstić information content (AvgIpc) is 3.07. The first kappa shape index (κ1) is 15.0. The van der Waals surface area contributed by atoms with E-state index in [0.717, 1.165) is 24.5 Å². The molecule has 0 amide bonds. The number of rotatable bonds is 5. The highest BCUT2D eigenvalue weighted by molar-refractivity contribution is 7.09. The highest BCUT2D eigenvalue weighted by Crippen LogP contribution is 2.41. The Balaban J connectivity index is 1.61. The van der Waals surface area contributed by atoms with Crippen molar-refractivity contribution in [2.75, 3.05) is 6.54 Å². The van der Waals surface area contributed by atoms with E-state index in [2.05, 4.69) is 27.1 Å². The molecule has 0 bridgehead atoms. The summed E-state index contributed by atoms with van der Waals surface area (Å²) in [5.74, 6) is 0.934. The van der Waals surface area contributed by atoms with Gasteiger partial charge in [-0.05, 0) is 36.4 Å². The Morgan fingerprint density at radius 2 is 2.18 bits per heavy atom. The first-order chi connectivity index (χ1) is 10.8. The fourth-order valence-electron chi connectivity index (χ4n) is 2.53. The van der Waals surface area contributed by atoms with Gasteiger partial charge in [0.15, 0.2) is 5.96 Å². The van der Waals surface area contributed by atoms with Crippen LogP contribution in [0.2, 0.25) is 0 Å². The second kappa shape index (κ2) is 6.92. The van der Waals surface area contributed by atoms with Gasteiger partial charge in [0, 0.05) is 23.4 Å². The van der Waals surface area contributed by atoms with E-state index in [9.17, 15) is 4.39 Å². The number of nitrogens with one attached hydrogen (secondary N) is 2. The van der Waals surface area contributed by atoms with Gasteiger partial charge in [-0.3, -0.25) is 0 Å². The van der Waals surface area contributed by atoms with Crippen molar-refractivity contribution in [3.63, 3.8) is 0 Å². The van der Waals surface area contributed by atoms with Gasteiger partial charge in [-0.1, -0.05) is 24.3 Å². The fourth-order valence-corrected chi connectivity index (χ4v) is 3.16. The van der Waals surface area contributed by atoms with Crippen LogP contribution in [0.15, 0.2) is 46.8 Å². The maximum absolute atomic E-state index is 13.8. The minimum Gasteiger partial charge on any atom is -0.357 e. The Morgan fingerprint density at radius 1 is 1.32 bits per heavy atom. The molecule has 2 aromatic rings. The highest BCUT2D eigenvalue weighted by atomic mass is 32.1. The predicted molar refractivity (Wildman–Crippen MR) is 89.8 cm³/mol. The zero-order valence-corrected chi connectivity index (χ0v) is 13.4. The molecule has 3 rings (SSSR count). The van der Waals surface area contributed by atoms with Crippen molar-refractivity contribution in [1.29, 1.82) is 0 Å². The first-order valence-electron chi connectivity index (χ1n) is 7.59. The number of hydrogen-bond donors (Lipinski definition) is 2. The number of benzene rings is 1. The van der Waals surface area contributed by atoms with Crippen LogP contribution in [-0.4, -0.2) is 18.5 Å². The summed E-state index contributed by atoms with van der Waals surface area (Å²) in [6, 6.07) is 11.4. The molecule has 0 radical (unpaired) electrons. The van der Waals surface area contributed by atoms with E-state index in [1.54, 1.807) is 17.4 Å². The van der Waals surface area contributed by atoms with Crippen molar-refractivity contribution in [2.24, 2.45) is 4.99 Å². The molecule has 2 N–H and O–H groups in total. The van der Waals surface area contributed by atoms with E-state index >= 15 is 0 Å². The van der Waals surface area contributed by atoms with Gasteiger partial charge < -0.3 is 10.6 Å². The summed E-state index contributed by atoms with van der Waals surface area (Å²) in [7, 11) is 0. The topological polar surface area (TPSA) is 36.4 Å². The van der Waals surface area contributed by atoms with Crippen molar-refractivity contribution in [3.8, 4) is 0 Å². The van der Waals surface area contributed by atoms with Crippen LogP contribution in [0.1, 0.15) is 29.7 Å². The third-order valence-corrected chi connectivity index (χ3v) is 4.60. The Kier molecular flexibility index (Phi) is 4.73. The summed E-state index contributed by atoms with van der Waals surface area (Å²) < 4.78 is 13.8. The summed E-state index contributed by atoms with van der Waals surface area (Å²) in [5, 5.41) is 8.72. The second-order valence-electron chi connectivity index (χ2n) is 5.39. The smallest absolute Gasteiger partial charge is 0.191 e. The molecule has 1 aliphatic carbocycles. The van der Waals surface area contributed by atoms with E-state index in [-0.39, 0.29) is 17.8 Å². The Morgan fingerprint density at radius 3 is 2.91 bits per heavy atom. The van der Waals surface area contributed by atoms with Crippen LogP contribution < -0.4 is 10.6 Å². The molecule has 0 saturated heterocycles. The molecule has 1 heterocycles. The molecule has 1 aliphatic rings. The summed E-state index contributed by atoms with van der Waals surface area (Å²) in [4.78, 5) is 5.83. The lowest BCUT2D eigenvalue weighted by molar-refractivity contribution is 0.607. The van der Waals surface area contributed by atoms with Crippen molar-refractivity contribution < 1.29 is 4.39 Å². The van der Waals surface area contributed by atoms with Crippen LogP contribution in [-0.2, 0) is 6.54 Å². The Hall–Kier alpha value is -1.88. The summed E-state index contributed by atoms with van der Waals surface area (Å²) >= 11 is 1.70. The van der Waals surface area contributed by atoms with Crippen LogP contribution in [0.4, 0.5) is 4.39 Å². The largest absolute Gasteiger partial charge is 0.357 e. The molecule has 3 nitrogen and oxygen atoms in total.